The van der Waals surface area contributed by atoms with Crippen LogP contribution in [-0.2, 0) is 28.8 Å². The number of hydrogen-bond donors (Lipinski definition) is 6. The van der Waals surface area contributed by atoms with Crippen LogP contribution in [0.4, 0.5) is 0 Å². The maximum Gasteiger partial charge on any atom is 0.326 e. The second-order valence-corrected chi connectivity index (χ2v) is 8.28. The van der Waals surface area contributed by atoms with E-state index in [9.17, 15) is 33.9 Å². The Labute approximate surface area is 190 Å². The predicted octanol–water partition coefficient (Wildman–Crippen LogP) is -1.26. The van der Waals surface area contributed by atoms with Crippen molar-refractivity contribution in [3.63, 3.8) is 0 Å². The summed E-state index contributed by atoms with van der Waals surface area (Å²) in [4.78, 5) is 72.7. The van der Waals surface area contributed by atoms with E-state index in [4.69, 9.17) is 15.9 Å². The summed E-state index contributed by atoms with van der Waals surface area (Å²) in [5.41, 5.74) is 5.78. The average molecular weight is 472 g/mol. The van der Waals surface area contributed by atoms with Crippen molar-refractivity contribution >= 4 is 35.6 Å². The second kappa shape index (κ2) is 12.7. The van der Waals surface area contributed by atoms with E-state index in [1.54, 1.807) is 13.8 Å². The number of hydrogen-bond acceptors (Lipinski definition) is 7. The van der Waals surface area contributed by atoms with Gasteiger partial charge in [-0.3, -0.25) is 24.0 Å². The molecule has 4 atom stereocenters. The minimum absolute atomic E-state index is 0.137. The van der Waals surface area contributed by atoms with Gasteiger partial charge >= 0.3 is 17.9 Å². The molecule has 1 aliphatic heterocycles. The number of carbonyl (C=O) groups is 6. The van der Waals surface area contributed by atoms with Gasteiger partial charge in [-0.2, -0.15) is 0 Å². The van der Waals surface area contributed by atoms with Crippen molar-refractivity contribution in [2.75, 3.05) is 6.54 Å². The molecule has 0 saturated carbocycles. The van der Waals surface area contributed by atoms with E-state index in [0.717, 1.165) is 4.90 Å². The number of carbonyl (C=O) groups excluding carboxylic acids is 3. The van der Waals surface area contributed by atoms with Gasteiger partial charge in [-0.15, -0.1) is 0 Å². The Morgan fingerprint density at radius 3 is 1.91 bits per heavy atom. The zero-order valence-electron chi connectivity index (χ0n) is 18.7. The Hall–Kier alpha value is -3.22. The molecule has 186 valence electrons. The van der Waals surface area contributed by atoms with Crippen LogP contribution in [0, 0.1) is 5.92 Å². The molecular weight excluding hydrogens is 440 g/mol. The van der Waals surface area contributed by atoms with Crippen LogP contribution in [-0.4, -0.2) is 86.6 Å². The summed E-state index contributed by atoms with van der Waals surface area (Å²) in [6.45, 7) is 3.51. The van der Waals surface area contributed by atoms with E-state index in [1.165, 1.54) is 0 Å². The van der Waals surface area contributed by atoms with Crippen LogP contribution in [0.2, 0.25) is 0 Å². The number of carboxylic acids is 3. The van der Waals surface area contributed by atoms with Crippen LogP contribution in [0.1, 0.15) is 52.4 Å². The van der Waals surface area contributed by atoms with Gasteiger partial charge in [0, 0.05) is 19.4 Å². The maximum absolute atomic E-state index is 13.0. The first kappa shape index (κ1) is 27.8. The molecule has 13 nitrogen and oxygen atoms in total. The highest BCUT2D eigenvalue weighted by Gasteiger charge is 2.38. The molecule has 1 fully saturated rings. The first-order valence-corrected chi connectivity index (χ1v) is 10.7. The maximum atomic E-state index is 13.0. The third-order valence-electron chi connectivity index (χ3n) is 5.38. The van der Waals surface area contributed by atoms with Crippen LogP contribution in [0.3, 0.4) is 0 Å². The Morgan fingerprint density at radius 2 is 1.42 bits per heavy atom. The average Bonchev–Trinajstić information content (AvgIpc) is 3.22. The summed E-state index contributed by atoms with van der Waals surface area (Å²) in [5, 5.41) is 32.1. The summed E-state index contributed by atoms with van der Waals surface area (Å²) in [5.74, 6) is -6.24. The summed E-state index contributed by atoms with van der Waals surface area (Å²) in [6, 6.07) is -4.76. The molecule has 4 unspecified atom stereocenters. The molecule has 1 heterocycles. The highest BCUT2D eigenvalue weighted by atomic mass is 16.4. The lowest BCUT2D eigenvalue weighted by Crippen LogP contribution is -2.57. The molecule has 3 amide bonds. The fourth-order valence-electron chi connectivity index (χ4n) is 3.39. The van der Waals surface area contributed by atoms with E-state index in [0.29, 0.717) is 6.42 Å². The van der Waals surface area contributed by atoms with Gasteiger partial charge in [0.05, 0.1) is 6.04 Å². The molecular formula is C20H32N4O9. The van der Waals surface area contributed by atoms with E-state index < -0.39 is 72.6 Å². The minimum Gasteiger partial charge on any atom is -0.481 e. The van der Waals surface area contributed by atoms with Gasteiger partial charge in [0.15, 0.2) is 0 Å². The van der Waals surface area contributed by atoms with Crippen molar-refractivity contribution in [1.29, 1.82) is 0 Å². The SMILES string of the molecule is CC(C)C(N)C(=O)NC(CCC(=O)O)C(=O)NC(CCC(=O)O)C(=O)N1CCCC1C(=O)O. The predicted molar refractivity (Wildman–Crippen MR) is 113 cm³/mol. The Kier molecular flexibility index (Phi) is 10.7. The lowest BCUT2D eigenvalue weighted by atomic mass is 10.0. The number of aliphatic carboxylic acids is 3. The van der Waals surface area contributed by atoms with Crippen LogP contribution < -0.4 is 16.4 Å². The highest BCUT2D eigenvalue weighted by Crippen LogP contribution is 2.20. The molecule has 0 radical (unpaired) electrons. The molecule has 1 saturated heterocycles. The topological polar surface area (TPSA) is 216 Å². The zero-order chi connectivity index (χ0) is 25.3. The number of amides is 3. The van der Waals surface area contributed by atoms with Crippen molar-refractivity contribution in [3.8, 4) is 0 Å². The molecule has 7 N–H and O–H groups in total. The molecule has 0 aromatic carbocycles. The molecule has 0 aromatic rings. The van der Waals surface area contributed by atoms with Crippen molar-refractivity contribution < 1.29 is 44.1 Å². The first-order chi connectivity index (χ1) is 15.3. The van der Waals surface area contributed by atoms with Gasteiger partial charge in [-0.25, -0.2) is 4.79 Å². The Bertz CT molecular complexity index is 771. The number of nitrogens with one attached hydrogen (secondary N) is 2. The number of carboxylic acid groups (broad SMARTS) is 3. The Balaban J connectivity index is 3.05. The molecule has 1 rings (SSSR count). The number of nitrogens with zero attached hydrogens (tertiary/aromatic N) is 1. The lowest BCUT2D eigenvalue weighted by molar-refractivity contribution is -0.150. The van der Waals surface area contributed by atoms with Gasteiger partial charge in [-0.05, 0) is 31.6 Å². The molecule has 0 aliphatic carbocycles. The van der Waals surface area contributed by atoms with Gasteiger partial charge in [0.2, 0.25) is 17.7 Å². The molecule has 0 bridgehead atoms. The second-order valence-electron chi connectivity index (χ2n) is 8.28. The van der Waals surface area contributed by atoms with Gasteiger partial charge in [0.25, 0.3) is 0 Å². The fourth-order valence-corrected chi connectivity index (χ4v) is 3.39. The monoisotopic (exact) mass is 472 g/mol. The minimum atomic E-state index is -1.36. The van der Waals surface area contributed by atoms with Crippen molar-refractivity contribution in [1.82, 2.24) is 15.5 Å². The van der Waals surface area contributed by atoms with E-state index in [1.807, 2.05) is 0 Å². The van der Waals surface area contributed by atoms with Gasteiger partial charge in [-0.1, -0.05) is 13.8 Å². The normalized spacial score (nSPS) is 18.3. The standard InChI is InChI=1S/C20H32N4O9/c1-10(2)16(21)18(30)22-11(5-7-14(25)26)17(29)23-12(6-8-15(27)28)19(31)24-9-3-4-13(24)20(32)33/h10-13,16H,3-9,21H2,1-2H3,(H,22,30)(H,23,29)(H,25,26)(H,27,28)(H,32,33). The fraction of sp³-hybridized carbons (Fsp3) is 0.700. The van der Waals surface area contributed by atoms with E-state index in [2.05, 4.69) is 10.6 Å². The van der Waals surface area contributed by atoms with Crippen LogP contribution in [0.25, 0.3) is 0 Å². The van der Waals surface area contributed by atoms with E-state index in [-0.39, 0.29) is 31.7 Å². The van der Waals surface area contributed by atoms with Gasteiger partial charge < -0.3 is 36.6 Å². The van der Waals surface area contributed by atoms with E-state index >= 15 is 0 Å². The van der Waals surface area contributed by atoms with Crippen molar-refractivity contribution in [2.24, 2.45) is 11.7 Å². The quantitative estimate of drug-likeness (QED) is 0.187. The lowest BCUT2D eigenvalue weighted by Gasteiger charge is -2.29. The van der Waals surface area contributed by atoms with Gasteiger partial charge in [0.1, 0.15) is 18.1 Å². The Morgan fingerprint density at radius 1 is 0.909 bits per heavy atom. The zero-order valence-corrected chi connectivity index (χ0v) is 18.7. The molecule has 1 aliphatic rings. The van der Waals surface area contributed by atoms with Crippen molar-refractivity contribution in [3.05, 3.63) is 0 Å². The first-order valence-electron chi connectivity index (χ1n) is 10.7. The number of rotatable bonds is 13. The number of nitrogens with two attached hydrogens (primary N) is 1. The molecule has 33 heavy (non-hydrogen) atoms. The third-order valence-corrected chi connectivity index (χ3v) is 5.38. The van der Waals surface area contributed by atoms with Crippen molar-refractivity contribution in [2.45, 2.75) is 76.5 Å². The summed E-state index contributed by atoms with van der Waals surface area (Å²) >= 11 is 0. The number of likely N-dealkylation sites (tertiary alicyclic amines) is 1. The summed E-state index contributed by atoms with van der Waals surface area (Å²) < 4.78 is 0. The largest absolute Gasteiger partial charge is 0.481 e. The molecule has 0 spiro atoms. The summed E-state index contributed by atoms with van der Waals surface area (Å²) in [6.07, 6.45) is -0.881. The third kappa shape index (κ3) is 8.67. The van der Waals surface area contributed by atoms with Crippen LogP contribution in [0.5, 0.6) is 0 Å². The van der Waals surface area contributed by atoms with Crippen LogP contribution >= 0.6 is 0 Å². The molecule has 0 aromatic heterocycles. The molecule has 13 heteroatoms. The van der Waals surface area contributed by atoms with Crippen LogP contribution in [0.15, 0.2) is 0 Å². The highest BCUT2D eigenvalue weighted by molar-refractivity contribution is 5.94. The summed E-state index contributed by atoms with van der Waals surface area (Å²) in [7, 11) is 0. The smallest absolute Gasteiger partial charge is 0.326 e.